The molecule has 3 aromatic rings. The van der Waals surface area contributed by atoms with Crippen LogP contribution in [0, 0.1) is 6.92 Å². The molecule has 1 aromatic heterocycles. The van der Waals surface area contributed by atoms with Gasteiger partial charge in [0, 0.05) is 16.1 Å². The molecule has 1 amide bonds. The zero-order valence-electron chi connectivity index (χ0n) is 13.6. The minimum atomic E-state index is -3.75. The third-order valence-corrected chi connectivity index (χ3v) is 5.94. The monoisotopic (exact) mass is 407 g/mol. The molecule has 2 aromatic carbocycles. The lowest BCUT2D eigenvalue weighted by Gasteiger charge is -2.07. The van der Waals surface area contributed by atoms with Crippen LogP contribution in [0.15, 0.2) is 58.8 Å². The number of benzene rings is 2. The Morgan fingerprint density at radius 2 is 1.88 bits per heavy atom. The predicted octanol–water partition coefficient (Wildman–Crippen LogP) is 4.16. The topological polar surface area (TPSA) is 88.2 Å². The highest BCUT2D eigenvalue weighted by atomic mass is 35.5. The molecule has 26 heavy (non-hydrogen) atoms. The van der Waals surface area contributed by atoms with Crippen molar-refractivity contribution in [2.24, 2.45) is 0 Å². The van der Waals surface area contributed by atoms with Crippen molar-refractivity contribution in [3.05, 3.63) is 70.2 Å². The number of carbonyl (C=O) groups is 1. The zero-order valence-corrected chi connectivity index (χ0v) is 16.0. The quantitative estimate of drug-likeness (QED) is 0.664. The van der Waals surface area contributed by atoms with E-state index >= 15 is 0 Å². The predicted molar refractivity (Wildman–Crippen MR) is 104 cm³/mol. The van der Waals surface area contributed by atoms with E-state index in [0.29, 0.717) is 10.7 Å². The van der Waals surface area contributed by atoms with Gasteiger partial charge in [0.25, 0.3) is 15.9 Å². The first-order valence-electron chi connectivity index (χ1n) is 7.46. The molecule has 1 heterocycles. The number of nitrogens with zero attached hydrogens (tertiary/aromatic N) is 1. The molecule has 0 atom stereocenters. The van der Waals surface area contributed by atoms with Crippen molar-refractivity contribution in [1.82, 2.24) is 4.98 Å². The highest BCUT2D eigenvalue weighted by molar-refractivity contribution is 7.93. The van der Waals surface area contributed by atoms with Gasteiger partial charge in [-0.1, -0.05) is 35.9 Å². The number of amides is 1. The molecule has 0 saturated carbocycles. The number of thiazole rings is 1. The SMILES string of the molecule is Cc1ccc(Cl)cc1NC(=O)c1csc(NS(=O)(=O)c2ccccc2)n1. The molecule has 0 aliphatic heterocycles. The van der Waals surface area contributed by atoms with Gasteiger partial charge in [0.05, 0.1) is 4.90 Å². The maximum absolute atomic E-state index is 12.3. The van der Waals surface area contributed by atoms with Gasteiger partial charge in [-0.3, -0.25) is 9.52 Å². The summed E-state index contributed by atoms with van der Waals surface area (Å²) in [6, 6.07) is 13.1. The van der Waals surface area contributed by atoms with Crippen LogP contribution < -0.4 is 10.0 Å². The normalized spacial score (nSPS) is 11.2. The van der Waals surface area contributed by atoms with Gasteiger partial charge in [-0.25, -0.2) is 13.4 Å². The highest BCUT2D eigenvalue weighted by Crippen LogP contribution is 2.23. The number of sulfonamides is 1. The second-order valence-electron chi connectivity index (χ2n) is 5.37. The highest BCUT2D eigenvalue weighted by Gasteiger charge is 2.18. The molecule has 0 aliphatic rings. The average molecular weight is 408 g/mol. The van der Waals surface area contributed by atoms with Crippen LogP contribution >= 0.6 is 22.9 Å². The van der Waals surface area contributed by atoms with Crippen LogP contribution in [0.3, 0.4) is 0 Å². The lowest BCUT2D eigenvalue weighted by Crippen LogP contribution is -2.15. The summed E-state index contributed by atoms with van der Waals surface area (Å²) in [7, 11) is -3.75. The maximum atomic E-state index is 12.3. The number of carbonyl (C=O) groups excluding carboxylic acids is 1. The van der Waals surface area contributed by atoms with Gasteiger partial charge in [-0.2, -0.15) is 0 Å². The van der Waals surface area contributed by atoms with Gasteiger partial charge < -0.3 is 5.32 Å². The van der Waals surface area contributed by atoms with E-state index in [4.69, 9.17) is 11.6 Å². The average Bonchev–Trinajstić information content (AvgIpc) is 3.07. The summed E-state index contributed by atoms with van der Waals surface area (Å²) in [6.45, 7) is 1.84. The summed E-state index contributed by atoms with van der Waals surface area (Å²) >= 11 is 6.97. The smallest absolute Gasteiger partial charge is 0.275 e. The lowest BCUT2D eigenvalue weighted by molar-refractivity contribution is 0.102. The summed E-state index contributed by atoms with van der Waals surface area (Å²) < 4.78 is 27.0. The Balaban J connectivity index is 1.75. The van der Waals surface area contributed by atoms with Gasteiger partial charge in [0.15, 0.2) is 5.13 Å². The largest absolute Gasteiger partial charge is 0.320 e. The van der Waals surface area contributed by atoms with Crippen LogP contribution in [0.25, 0.3) is 0 Å². The molecular weight excluding hydrogens is 394 g/mol. The first-order chi connectivity index (χ1) is 12.3. The molecule has 9 heteroatoms. The Labute approximate surface area is 159 Å². The second-order valence-corrected chi connectivity index (χ2v) is 8.35. The van der Waals surface area contributed by atoms with Crippen LogP contribution in [0.1, 0.15) is 16.1 Å². The van der Waals surface area contributed by atoms with E-state index in [2.05, 4.69) is 15.0 Å². The number of nitrogens with one attached hydrogen (secondary N) is 2. The van der Waals surface area contributed by atoms with Crippen molar-refractivity contribution in [2.75, 3.05) is 10.0 Å². The van der Waals surface area contributed by atoms with Crippen molar-refractivity contribution < 1.29 is 13.2 Å². The van der Waals surface area contributed by atoms with E-state index in [1.165, 1.54) is 17.5 Å². The number of hydrogen-bond donors (Lipinski definition) is 2. The Hall–Kier alpha value is -2.42. The van der Waals surface area contributed by atoms with Crippen LogP contribution in [-0.4, -0.2) is 19.3 Å². The minimum absolute atomic E-state index is 0.111. The standard InChI is InChI=1S/C17H14ClN3O3S2/c1-11-7-8-12(18)9-14(11)19-16(22)15-10-25-17(20-15)21-26(23,24)13-5-3-2-4-6-13/h2-10H,1H3,(H,19,22)(H,20,21). The number of hydrogen-bond acceptors (Lipinski definition) is 5. The Bertz CT molecular complexity index is 1050. The van der Waals surface area contributed by atoms with E-state index in [0.717, 1.165) is 16.9 Å². The van der Waals surface area contributed by atoms with E-state index < -0.39 is 15.9 Å². The number of aryl methyl sites for hydroxylation is 1. The van der Waals surface area contributed by atoms with Gasteiger partial charge >= 0.3 is 0 Å². The summed E-state index contributed by atoms with van der Waals surface area (Å²) in [5.41, 5.74) is 1.53. The molecule has 0 radical (unpaired) electrons. The summed E-state index contributed by atoms with van der Waals surface area (Å²) in [4.78, 5) is 16.5. The molecule has 0 spiro atoms. The Kier molecular flexibility index (Phi) is 5.26. The second kappa shape index (κ2) is 7.45. The van der Waals surface area contributed by atoms with Gasteiger partial charge in [-0.05, 0) is 36.8 Å². The summed E-state index contributed by atoms with van der Waals surface area (Å²) in [5.74, 6) is -0.447. The number of aromatic nitrogens is 1. The number of halogens is 1. The van der Waals surface area contributed by atoms with Crippen LogP contribution in [0.5, 0.6) is 0 Å². The lowest BCUT2D eigenvalue weighted by atomic mass is 10.2. The van der Waals surface area contributed by atoms with Gasteiger partial charge in [0.1, 0.15) is 5.69 Å². The minimum Gasteiger partial charge on any atom is -0.320 e. The van der Waals surface area contributed by atoms with Crippen molar-refractivity contribution >= 4 is 49.7 Å². The van der Waals surface area contributed by atoms with Crippen molar-refractivity contribution in [1.29, 1.82) is 0 Å². The molecule has 0 unspecified atom stereocenters. The van der Waals surface area contributed by atoms with Gasteiger partial charge in [-0.15, -0.1) is 11.3 Å². The van der Waals surface area contributed by atoms with Crippen molar-refractivity contribution in [3.8, 4) is 0 Å². The number of anilines is 2. The molecular formula is C17H14ClN3O3S2. The first kappa shape index (κ1) is 18.4. The van der Waals surface area contributed by atoms with Gasteiger partial charge in [0.2, 0.25) is 0 Å². The summed E-state index contributed by atoms with van der Waals surface area (Å²) in [5, 5.41) is 4.82. The van der Waals surface area contributed by atoms with Crippen molar-refractivity contribution in [2.45, 2.75) is 11.8 Å². The van der Waals surface area contributed by atoms with Crippen molar-refractivity contribution in [3.63, 3.8) is 0 Å². The fraction of sp³-hybridized carbons (Fsp3) is 0.0588. The molecule has 0 saturated heterocycles. The third-order valence-electron chi connectivity index (χ3n) is 3.46. The van der Waals surface area contributed by atoms with E-state index in [1.807, 2.05) is 6.92 Å². The molecule has 0 aliphatic carbocycles. The maximum Gasteiger partial charge on any atom is 0.275 e. The molecule has 2 N–H and O–H groups in total. The first-order valence-corrected chi connectivity index (χ1v) is 10.2. The Morgan fingerprint density at radius 1 is 1.15 bits per heavy atom. The Morgan fingerprint density at radius 3 is 2.62 bits per heavy atom. The molecule has 0 fully saturated rings. The fourth-order valence-corrected chi connectivity index (χ4v) is 4.25. The van der Waals surface area contributed by atoms with Crippen LogP contribution in [-0.2, 0) is 10.0 Å². The molecule has 0 bridgehead atoms. The van der Waals surface area contributed by atoms with Crippen LogP contribution in [0.4, 0.5) is 10.8 Å². The fourth-order valence-electron chi connectivity index (χ4n) is 2.11. The number of rotatable bonds is 5. The summed E-state index contributed by atoms with van der Waals surface area (Å²) in [6.07, 6.45) is 0. The van der Waals surface area contributed by atoms with Crippen LogP contribution in [0.2, 0.25) is 5.02 Å². The third kappa shape index (κ3) is 4.21. The molecule has 134 valence electrons. The van der Waals surface area contributed by atoms with E-state index in [9.17, 15) is 13.2 Å². The molecule has 3 rings (SSSR count). The molecule has 6 nitrogen and oxygen atoms in total. The van der Waals surface area contributed by atoms with E-state index in [1.54, 1.807) is 36.4 Å². The van der Waals surface area contributed by atoms with E-state index in [-0.39, 0.29) is 15.7 Å². The zero-order chi connectivity index (χ0) is 18.7.